The fourth-order valence-electron chi connectivity index (χ4n) is 2.15. The van der Waals surface area contributed by atoms with Crippen molar-refractivity contribution in [2.75, 3.05) is 25.0 Å². The van der Waals surface area contributed by atoms with Gasteiger partial charge < -0.3 is 15.4 Å². The van der Waals surface area contributed by atoms with E-state index in [9.17, 15) is 9.59 Å². The SMILES string of the molecule is N#Cc1cccnc1NCCOC(=O)CCNC(=O)C1CCC1. The van der Waals surface area contributed by atoms with E-state index in [0.29, 0.717) is 24.5 Å². The first-order valence-corrected chi connectivity index (χ1v) is 7.73. The Morgan fingerprint density at radius 1 is 1.39 bits per heavy atom. The molecule has 1 aromatic heterocycles. The lowest BCUT2D eigenvalue weighted by molar-refractivity contribution is -0.143. The molecule has 0 atom stereocenters. The van der Waals surface area contributed by atoms with Crippen LogP contribution in [0, 0.1) is 17.2 Å². The molecule has 0 aliphatic heterocycles. The fraction of sp³-hybridized carbons (Fsp3) is 0.500. The maximum absolute atomic E-state index is 11.6. The van der Waals surface area contributed by atoms with Crippen LogP contribution in [0.5, 0.6) is 0 Å². The van der Waals surface area contributed by atoms with Crippen LogP contribution in [-0.2, 0) is 14.3 Å². The largest absolute Gasteiger partial charge is 0.464 e. The van der Waals surface area contributed by atoms with E-state index in [4.69, 9.17) is 10.00 Å². The first-order chi connectivity index (χ1) is 11.2. The molecule has 1 aliphatic carbocycles. The number of hydrogen-bond donors (Lipinski definition) is 2. The van der Waals surface area contributed by atoms with Crippen molar-refractivity contribution in [3.63, 3.8) is 0 Å². The normalized spacial score (nSPS) is 13.5. The van der Waals surface area contributed by atoms with Gasteiger partial charge in [0.2, 0.25) is 5.91 Å². The molecule has 1 amide bonds. The summed E-state index contributed by atoms with van der Waals surface area (Å²) in [6, 6.07) is 5.37. The van der Waals surface area contributed by atoms with Crippen LogP contribution in [-0.4, -0.2) is 36.6 Å². The third kappa shape index (κ3) is 5.25. The molecule has 1 aromatic rings. The standard InChI is InChI=1S/C16H20N4O3/c17-11-13-5-2-7-18-15(13)19-9-10-23-14(21)6-8-20-16(22)12-3-1-4-12/h2,5,7,12H,1,3-4,6,8-10H2,(H,18,19)(H,20,22). The van der Waals surface area contributed by atoms with Gasteiger partial charge >= 0.3 is 5.97 Å². The highest BCUT2D eigenvalue weighted by molar-refractivity contribution is 5.80. The molecule has 0 saturated heterocycles. The first-order valence-electron chi connectivity index (χ1n) is 7.73. The molecule has 0 unspecified atom stereocenters. The minimum absolute atomic E-state index is 0.0323. The van der Waals surface area contributed by atoms with Crippen LogP contribution < -0.4 is 10.6 Å². The van der Waals surface area contributed by atoms with E-state index in [1.807, 2.05) is 6.07 Å². The molecule has 1 fully saturated rings. The van der Waals surface area contributed by atoms with Gasteiger partial charge in [-0.3, -0.25) is 9.59 Å². The Morgan fingerprint density at radius 3 is 2.91 bits per heavy atom. The molecule has 0 radical (unpaired) electrons. The van der Waals surface area contributed by atoms with E-state index >= 15 is 0 Å². The van der Waals surface area contributed by atoms with Crippen LogP contribution in [0.25, 0.3) is 0 Å². The van der Waals surface area contributed by atoms with Crippen molar-refractivity contribution in [2.45, 2.75) is 25.7 Å². The second-order valence-electron chi connectivity index (χ2n) is 5.33. The highest BCUT2D eigenvalue weighted by Gasteiger charge is 2.24. The minimum atomic E-state index is -0.359. The monoisotopic (exact) mass is 316 g/mol. The summed E-state index contributed by atoms with van der Waals surface area (Å²) in [4.78, 5) is 27.2. The summed E-state index contributed by atoms with van der Waals surface area (Å²) < 4.78 is 5.06. The molecule has 0 bridgehead atoms. The van der Waals surface area contributed by atoms with Gasteiger partial charge in [0.25, 0.3) is 0 Å². The van der Waals surface area contributed by atoms with Gasteiger partial charge in [-0.2, -0.15) is 5.26 Å². The van der Waals surface area contributed by atoms with Crippen molar-refractivity contribution in [3.05, 3.63) is 23.9 Å². The maximum atomic E-state index is 11.6. The van der Waals surface area contributed by atoms with Crippen LogP contribution in [0.1, 0.15) is 31.2 Å². The molecule has 122 valence electrons. The number of hydrogen-bond acceptors (Lipinski definition) is 6. The van der Waals surface area contributed by atoms with E-state index < -0.39 is 0 Å². The number of esters is 1. The topological polar surface area (TPSA) is 104 Å². The number of aromatic nitrogens is 1. The summed E-state index contributed by atoms with van der Waals surface area (Å²) >= 11 is 0. The summed E-state index contributed by atoms with van der Waals surface area (Å²) in [6.45, 7) is 0.850. The second-order valence-corrected chi connectivity index (χ2v) is 5.33. The summed E-state index contributed by atoms with van der Waals surface area (Å²) in [7, 11) is 0. The Hall–Kier alpha value is -2.62. The molecule has 7 heteroatoms. The molecule has 1 heterocycles. The van der Waals surface area contributed by atoms with Gasteiger partial charge in [0.1, 0.15) is 18.5 Å². The average Bonchev–Trinajstić information content (AvgIpc) is 2.50. The molecule has 7 nitrogen and oxygen atoms in total. The number of carbonyl (C=O) groups is 2. The average molecular weight is 316 g/mol. The number of nitrogens with one attached hydrogen (secondary N) is 2. The first kappa shape index (κ1) is 16.7. The summed E-state index contributed by atoms with van der Waals surface area (Å²) in [5.74, 6) is 0.272. The summed E-state index contributed by atoms with van der Waals surface area (Å²) in [5, 5.41) is 14.6. The molecule has 1 saturated carbocycles. The van der Waals surface area contributed by atoms with E-state index in [1.54, 1.807) is 18.3 Å². The van der Waals surface area contributed by atoms with Crippen LogP contribution in [0.4, 0.5) is 5.82 Å². The number of amides is 1. The van der Waals surface area contributed by atoms with Crippen LogP contribution in [0.3, 0.4) is 0 Å². The quantitative estimate of drug-likeness (QED) is 0.552. The maximum Gasteiger partial charge on any atom is 0.307 e. The lowest BCUT2D eigenvalue weighted by Crippen LogP contribution is -2.35. The van der Waals surface area contributed by atoms with Crippen molar-refractivity contribution in [1.82, 2.24) is 10.3 Å². The lowest BCUT2D eigenvalue weighted by atomic mass is 9.85. The third-order valence-corrected chi connectivity index (χ3v) is 3.69. The number of carbonyl (C=O) groups excluding carboxylic acids is 2. The number of nitrogens with zero attached hydrogens (tertiary/aromatic N) is 2. The number of anilines is 1. The van der Waals surface area contributed by atoms with Crippen molar-refractivity contribution in [2.24, 2.45) is 5.92 Å². The molecular formula is C16H20N4O3. The van der Waals surface area contributed by atoms with Gasteiger partial charge in [-0.05, 0) is 25.0 Å². The van der Waals surface area contributed by atoms with E-state index in [2.05, 4.69) is 15.6 Å². The Bertz CT molecular complexity index is 593. The van der Waals surface area contributed by atoms with Crippen LogP contribution in [0.2, 0.25) is 0 Å². The second kappa shape index (κ2) is 8.73. The van der Waals surface area contributed by atoms with Crippen molar-refractivity contribution >= 4 is 17.7 Å². The minimum Gasteiger partial charge on any atom is -0.464 e. The van der Waals surface area contributed by atoms with Crippen molar-refractivity contribution in [3.8, 4) is 6.07 Å². The van der Waals surface area contributed by atoms with Crippen molar-refractivity contribution in [1.29, 1.82) is 5.26 Å². The van der Waals surface area contributed by atoms with Gasteiger partial charge in [-0.15, -0.1) is 0 Å². The van der Waals surface area contributed by atoms with Crippen molar-refractivity contribution < 1.29 is 14.3 Å². The number of rotatable bonds is 8. The Morgan fingerprint density at radius 2 is 2.22 bits per heavy atom. The molecule has 1 aliphatic rings. The van der Waals surface area contributed by atoms with Gasteiger partial charge in [0.05, 0.1) is 18.5 Å². The number of pyridine rings is 1. The van der Waals surface area contributed by atoms with Gasteiger partial charge in [0, 0.05) is 18.7 Å². The van der Waals surface area contributed by atoms with E-state index in [-0.39, 0.29) is 30.8 Å². The fourth-order valence-corrected chi connectivity index (χ4v) is 2.15. The van der Waals surface area contributed by atoms with E-state index in [1.165, 1.54) is 0 Å². The Labute approximate surface area is 135 Å². The molecule has 2 N–H and O–H groups in total. The Kier molecular flexibility index (Phi) is 6.36. The zero-order valence-corrected chi connectivity index (χ0v) is 12.9. The molecular weight excluding hydrogens is 296 g/mol. The molecule has 23 heavy (non-hydrogen) atoms. The Balaban J connectivity index is 1.56. The highest BCUT2D eigenvalue weighted by atomic mass is 16.5. The summed E-state index contributed by atoms with van der Waals surface area (Å²) in [6.07, 6.45) is 4.74. The smallest absolute Gasteiger partial charge is 0.307 e. The molecule has 2 rings (SSSR count). The predicted octanol–water partition coefficient (Wildman–Crippen LogP) is 1.21. The van der Waals surface area contributed by atoms with Gasteiger partial charge in [-0.25, -0.2) is 4.98 Å². The summed E-state index contributed by atoms with van der Waals surface area (Å²) in [5.41, 5.74) is 0.442. The zero-order chi connectivity index (χ0) is 16.5. The van der Waals surface area contributed by atoms with Gasteiger partial charge in [0.15, 0.2) is 0 Å². The number of ether oxygens (including phenoxy) is 1. The van der Waals surface area contributed by atoms with Crippen LogP contribution >= 0.6 is 0 Å². The molecule has 0 spiro atoms. The third-order valence-electron chi connectivity index (χ3n) is 3.69. The molecule has 0 aromatic carbocycles. The lowest BCUT2D eigenvalue weighted by Gasteiger charge is -2.23. The van der Waals surface area contributed by atoms with E-state index in [0.717, 1.165) is 19.3 Å². The number of nitriles is 1. The van der Waals surface area contributed by atoms with Crippen LogP contribution in [0.15, 0.2) is 18.3 Å². The predicted molar refractivity (Wildman–Crippen MR) is 83.4 cm³/mol. The zero-order valence-electron chi connectivity index (χ0n) is 12.9. The van der Waals surface area contributed by atoms with Gasteiger partial charge in [-0.1, -0.05) is 6.42 Å². The highest BCUT2D eigenvalue weighted by Crippen LogP contribution is 2.26.